The Morgan fingerprint density at radius 2 is 1.82 bits per heavy atom. The molecule has 0 bridgehead atoms. The van der Waals surface area contributed by atoms with Crippen molar-refractivity contribution in [1.29, 1.82) is 0 Å². The molecule has 7 nitrogen and oxygen atoms in total. The van der Waals surface area contributed by atoms with Crippen molar-refractivity contribution >= 4 is 23.5 Å². The van der Waals surface area contributed by atoms with Crippen LogP contribution in [-0.2, 0) is 16.8 Å². The lowest BCUT2D eigenvalue weighted by Crippen LogP contribution is -2.46. The first-order valence-electron chi connectivity index (χ1n) is 12.9. The molecule has 4 N–H and O–H groups in total. The van der Waals surface area contributed by atoms with Gasteiger partial charge in [-0.3, -0.25) is 9.59 Å². The summed E-state index contributed by atoms with van der Waals surface area (Å²) in [7, 11) is 1.35. The normalized spacial score (nSPS) is 22.1. The summed E-state index contributed by atoms with van der Waals surface area (Å²) in [4.78, 5) is 23.7. The molecule has 1 aliphatic carbocycles. The number of carbonyl (C=O) groups excluding carboxylic acids is 1. The molecular formula is C30H30ClFN2O5. The van der Waals surface area contributed by atoms with Crippen molar-refractivity contribution in [2.45, 2.75) is 43.7 Å². The Balaban J connectivity index is 1.54. The largest absolute Gasteiger partial charge is 0.494 e. The molecule has 1 heterocycles. The summed E-state index contributed by atoms with van der Waals surface area (Å²) in [6, 6.07) is 16.1. The standard InChI is InChI=1S/C30H30ClFN2O5/c1-38-24-13-11-20(28(33)35)26(27(24)32)25-21-15-30(18-5-3-2-4-6-18,39-23(21)14-12-22(25)31)16-34-19-9-7-17(8-10-19)29(36)37/h2-6,11-14,17,19,34H,7-10,15-16H2,1H3,(H2,33,35)(H,36,37)/t17?,19?,30-/m1/s1. The summed E-state index contributed by atoms with van der Waals surface area (Å²) in [6.07, 6.45) is 3.11. The second-order valence-corrected chi connectivity index (χ2v) is 10.6. The average molecular weight is 553 g/mol. The topological polar surface area (TPSA) is 111 Å². The van der Waals surface area contributed by atoms with Gasteiger partial charge in [0.15, 0.2) is 17.2 Å². The van der Waals surface area contributed by atoms with Crippen LogP contribution in [0.15, 0.2) is 54.6 Å². The SMILES string of the molecule is COc1ccc(C(N)=O)c(-c2c(Cl)ccc3c2C[C@@](CNC2CCC(C(=O)O)CC2)(c2ccccc2)O3)c1F. The number of rotatable bonds is 8. The van der Waals surface area contributed by atoms with Crippen LogP contribution in [0.1, 0.15) is 47.2 Å². The predicted molar refractivity (Wildman–Crippen MR) is 146 cm³/mol. The third-order valence-electron chi connectivity index (χ3n) is 7.88. The number of primary amides is 1. The smallest absolute Gasteiger partial charge is 0.306 e. The molecule has 2 aliphatic rings. The second kappa shape index (κ2) is 10.9. The van der Waals surface area contributed by atoms with E-state index in [-0.39, 0.29) is 33.9 Å². The van der Waals surface area contributed by atoms with Gasteiger partial charge in [-0.05, 0) is 55.5 Å². The number of carbonyl (C=O) groups is 2. The maximum atomic E-state index is 15.7. The zero-order chi connectivity index (χ0) is 27.7. The predicted octanol–water partition coefficient (Wildman–Crippen LogP) is 5.32. The average Bonchev–Trinajstić information content (AvgIpc) is 3.33. The maximum absolute atomic E-state index is 15.7. The summed E-state index contributed by atoms with van der Waals surface area (Å²) in [5.74, 6) is -2.06. The number of methoxy groups -OCH3 is 1. The highest BCUT2D eigenvalue weighted by Crippen LogP contribution is 2.49. The molecule has 0 unspecified atom stereocenters. The number of hydrogen-bond acceptors (Lipinski definition) is 5. The van der Waals surface area contributed by atoms with Crippen molar-refractivity contribution in [2.24, 2.45) is 11.7 Å². The van der Waals surface area contributed by atoms with E-state index < -0.39 is 23.3 Å². The molecule has 0 aromatic heterocycles. The molecule has 204 valence electrons. The van der Waals surface area contributed by atoms with Crippen LogP contribution in [-0.4, -0.2) is 36.7 Å². The number of carboxylic acid groups (broad SMARTS) is 1. The van der Waals surface area contributed by atoms with Gasteiger partial charge < -0.3 is 25.6 Å². The fourth-order valence-electron chi connectivity index (χ4n) is 5.80. The number of halogens is 2. The van der Waals surface area contributed by atoms with Gasteiger partial charge in [0, 0.05) is 40.7 Å². The van der Waals surface area contributed by atoms with E-state index >= 15 is 4.39 Å². The zero-order valence-electron chi connectivity index (χ0n) is 21.5. The fraction of sp³-hybridized carbons (Fsp3) is 0.333. The first kappa shape index (κ1) is 27.0. The van der Waals surface area contributed by atoms with Crippen LogP contribution in [0.4, 0.5) is 4.39 Å². The highest BCUT2D eigenvalue weighted by Gasteiger charge is 2.44. The van der Waals surface area contributed by atoms with Crippen molar-refractivity contribution in [2.75, 3.05) is 13.7 Å². The molecule has 1 atom stereocenters. The van der Waals surface area contributed by atoms with E-state index in [2.05, 4.69) is 5.32 Å². The van der Waals surface area contributed by atoms with Gasteiger partial charge in [0.2, 0.25) is 5.91 Å². The van der Waals surface area contributed by atoms with Gasteiger partial charge in [-0.1, -0.05) is 41.9 Å². The summed E-state index contributed by atoms with van der Waals surface area (Å²) in [5, 5.41) is 13.2. The molecule has 3 aromatic rings. The van der Waals surface area contributed by atoms with Crippen molar-refractivity contribution in [1.82, 2.24) is 5.32 Å². The molecule has 1 aliphatic heterocycles. The minimum Gasteiger partial charge on any atom is -0.494 e. The molecule has 39 heavy (non-hydrogen) atoms. The molecular weight excluding hydrogens is 523 g/mol. The van der Waals surface area contributed by atoms with E-state index in [1.807, 2.05) is 30.3 Å². The number of amides is 1. The Morgan fingerprint density at radius 1 is 1.10 bits per heavy atom. The summed E-state index contributed by atoms with van der Waals surface area (Å²) < 4.78 is 27.6. The summed E-state index contributed by atoms with van der Waals surface area (Å²) >= 11 is 6.69. The van der Waals surface area contributed by atoms with Gasteiger partial charge in [0.25, 0.3) is 0 Å². The van der Waals surface area contributed by atoms with Gasteiger partial charge in [-0.25, -0.2) is 4.39 Å². The van der Waals surface area contributed by atoms with E-state index in [1.54, 1.807) is 12.1 Å². The Kier molecular flexibility index (Phi) is 7.51. The number of nitrogens with two attached hydrogens (primary N) is 1. The molecule has 9 heteroatoms. The summed E-state index contributed by atoms with van der Waals surface area (Å²) in [6.45, 7) is 0.439. The van der Waals surface area contributed by atoms with Crippen molar-refractivity contribution in [3.8, 4) is 22.6 Å². The lowest BCUT2D eigenvalue weighted by Gasteiger charge is -2.34. The zero-order valence-corrected chi connectivity index (χ0v) is 22.3. The third-order valence-corrected chi connectivity index (χ3v) is 8.20. The lowest BCUT2D eigenvalue weighted by molar-refractivity contribution is -0.142. The second-order valence-electron chi connectivity index (χ2n) is 10.2. The van der Waals surface area contributed by atoms with Crippen LogP contribution in [0.2, 0.25) is 5.02 Å². The van der Waals surface area contributed by atoms with Gasteiger partial charge >= 0.3 is 5.97 Å². The van der Waals surface area contributed by atoms with E-state index in [0.29, 0.717) is 42.7 Å². The number of fused-ring (bicyclic) bond motifs is 1. The first-order valence-corrected chi connectivity index (χ1v) is 13.3. The molecule has 1 amide bonds. The Hall–Kier alpha value is -3.62. The molecule has 3 aromatic carbocycles. The maximum Gasteiger partial charge on any atom is 0.306 e. The highest BCUT2D eigenvalue weighted by molar-refractivity contribution is 6.34. The Bertz CT molecular complexity index is 1410. The van der Waals surface area contributed by atoms with Gasteiger partial charge in [0.1, 0.15) is 5.75 Å². The molecule has 0 spiro atoms. The monoisotopic (exact) mass is 552 g/mol. The van der Waals surface area contributed by atoms with Crippen LogP contribution in [0.5, 0.6) is 11.5 Å². The Morgan fingerprint density at radius 3 is 2.46 bits per heavy atom. The number of aliphatic carboxylic acids is 1. The van der Waals surface area contributed by atoms with Crippen LogP contribution in [0.3, 0.4) is 0 Å². The quantitative estimate of drug-likeness (QED) is 0.349. The minimum absolute atomic E-state index is 0.00544. The van der Waals surface area contributed by atoms with E-state index in [0.717, 1.165) is 18.4 Å². The van der Waals surface area contributed by atoms with Crippen LogP contribution in [0.25, 0.3) is 11.1 Å². The minimum atomic E-state index is -0.838. The molecule has 1 fully saturated rings. The van der Waals surface area contributed by atoms with Gasteiger partial charge in [0.05, 0.1) is 18.6 Å². The van der Waals surface area contributed by atoms with E-state index in [1.165, 1.54) is 19.2 Å². The molecule has 0 saturated heterocycles. The van der Waals surface area contributed by atoms with Crippen molar-refractivity contribution in [3.05, 3.63) is 82.1 Å². The highest BCUT2D eigenvalue weighted by atomic mass is 35.5. The number of carboxylic acids is 1. The van der Waals surface area contributed by atoms with Crippen LogP contribution in [0, 0.1) is 11.7 Å². The number of hydrogen-bond donors (Lipinski definition) is 3. The number of nitrogens with one attached hydrogen (secondary N) is 1. The summed E-state index contributed by atoms with van der Waals surface area (Å²) in [5.41, 5.74) is 6.72. The first-order chi connectivity index (χ1) is 18.7. The third kappa shape index (κ3) is 5.06. The molecule has 0 radical (unpaired) electrons. The fourth-order valence-corrected chi connectivity index (χ4v) is 6.07. The molecule has 5 rings (SSSR count). The van der Waals surface area contributed by atoms with Crippen molar-refractivity contribution < 1.29 is 28.6 Å². The Labute approximate surface area is 231 Å². The van der Waals surface area contributed by atoms with E-state index in [9.17, 15) is 14.7 Å². The van der Waals surface area contributed by atoms with Gasteiger partial charge in [-0.15, -0.1) is 0 Å². The van der Waals surface area contributed by atoms with E-state index in [4.69, 9.17) is 26.8 Å². The van der Waals surface area contributed by atoms with Gasteiger partial charge in [-0.2, -0.15) is 0 Å². The number of benzene rings is 3. The lowest BCUT2D eigenvalue weighted by atomic mass is 9.83. The van der Waals surface area contributed by atoms with Crippen molar-refractivity contribution in [3.63, 3.8) is 0 Å². The number of ether oxygens (including phenoxy) is 2. The molecule has 1 saturated carbocycles. The van der Waals surface area contributed by atoms with Crippen LogP contribution < -0.4 is 20.5 Å². The van der Waals surface area contributed by atoms with Crippen LogP contribution >= 0.6 is 11.6 Å².